The fourth-order valence-electron chi connectivity index (χ4n) is 1.88. The van der Waals surface area contributed by atoms with Crippen LogP contribution in [0.5, 0.6) is 0 Å². The molecule has 2 heterocycles. The maximum Gasteiger partial charge on any atom is 0.340 e. The minimum atomic E-state index is -0.717. The van der Waals surface area contributed by atoms with Crippen molar-refractivity contribution in [1.82, 2.24) is 14.8 Å². The van der Waals surface area contributed by atoms with Crippen LogP contribution in [-0.4, -0.2) is 33.2 Å². The summed E-state index contributed by atoms with van der Waals surface area (Å²) in [5.41, 5.74) is 2.19. The number of amides is 1. The van der Waals surface area contributed by atoms with Crippen LogP contribution in [-0.2, 0) is 16.6 Å². The highest BCUT2D eigenvalue weighted by molar-refractivity contribution is 6.41. The third kappa shape index (κ3) is 4.00. The van der Waals surface area contributed by atoms with E-state index in [1.165, 1.54) is 12.3 Å². The van der Waals surface area contributed by atoms with Crippen LogP contribution in [0.2, 0.25) is 10.2 Å². The summed E-state index contributed by atoms with van der Waals surface area (Å²) in [5.74, 6) is -1.18. The number of hydrogen-bond acceptors (Lipinski definition) is 5. The van der Waals surface area contributed by atoms with Gasteiger partial charge in [-0.25, -0.2) is 9.78 Å². The Morgan fingerprint density at radius 3 is 2.61 bits per heavy atom. The molecule has 0 radical (unpaired) electrons. The van der Waals surface area contributed by atoms with E-state index in [1.54, 1.807) is 18.7 Å². The number of aromatic nitrogens is 3. The number of esters is 1. The van der Waals surface area contributed by atoms with Gasteiger partial charge in [0.15, 0.2) is 6.61 Å². The highest BCUT2D eigenvalue weighted by Gasteiger charge is 2.15. The number of pyridine rings is 1. The van der Waals surface area contributed by atoms with Crippen LogP contribution in [0.25, 0.3) is 0 Å². The van der Waals surface area contributed by atoms with Crippen molar-refractivity contribution in [3.63, 3.8) is 0 Å². The van der Waals surface area contributed by atoms with Gasteiger partial charge in [0.2, 0.25) is 0 Å². The molecule has 0 aliphatic heterocycles. The first kappa shape index (κ1) is 17.2. The molecule has 2 aromatic heterocycles. The van der Waals surface area contributed by atoms with Crippen molar-refractivity contribution in [2.24, 2.45) is 7.05 Å². The fourth-order valence-corrected chi connectivity index (χ4v) is 2.15. The van der Waals surface area contributed by atoms with Gasteiger partial charge in [0.25, 0.3) is 5.91 Å². The van der Waals surface area contributed by atoms with Crippen molar-refractivity contribution in [2.45, 2.75) is 13.8 Å². The molecule has 0 saturated heterocycles. The van der Waals surface area contributed by atoms with Crippen LogP contribution in [0.1, 0.15) is 21.7 Å². The predicted octanol–water partition coefficient (Wildman–Crippen LogP) is 2.53. The first-order chi connectivity index (χ1) is 10.8. The molecule has 7 nitrogen and oxygen atoms in total. The molecule has 0 spiro atoms. The molecule has 1 amide bonds. The summed E-state index contributed by atoms with van der Waals surface area (Å²) in [6.07, 6.45) is 1.23. The number of ether oxygens (including phenoxy) is 1. The summed E-state index contributed by atoms with van der Waals surface area (Å²) < 4.78 is 6.57. The Hall–Kier alpha value is -2.12. The van der Waals surface area contributed by atoms with Gasteiger partial charge in [-0.15, -0.1) is 0 Å². The Morgan fingerprint density at radius 1 is 1.35 bits per heavy atom. The first-order valence-electron chi connectivity index (χ1n) is 6.57. The van der Waals surface area contributed by atoms with Crippen molar-refractivity contribution in [3.8, 4) is 0 Å². The molecule has 0 bridgehead atoms. The number of hydrogen-bond donors (Lipinski definition) is 1. The Morgan fingerprint density at radius 2 is 2.04 bits per heavy atom. The third-order valence-corrected chi connectivity index (χ3v) is 3.83. The number of aryl methyl sites for hydroxylation is 2. The second-order valence-corrected chi connectivity index (χ2v) is 5.56. The van der Waals surface area contributed by atoms with Crippen molar-refractivity contribution in [1.29, 1.82) is 0 Å². The summed E-state index contributed by atoms with van der Waals surface area (Å²) in [6.45, 7) is 3.16. The maximum atomic E-state index is 11.9. The van der Waals surface area contributed by atoms with Gasteiger partial charge >= 0.3 is 5.97 Å². The zero-order valence-corrected chi connectivity index (χ0v) is 14.2. The number of carbonyl (C=O) groups is 2. The molecule has 23 heavy (non-hydrogen) atoms. The van der Waals surface area contributed by atoms with Crippen LogP contribution in [0.4, 0.5) is 5.69 Å². The number of anilines is 1. The second-order valence-electron chi connectivity index (χ2n) is 4.79. The molecule has 0 aliphatic rings. The van der Waals surface area contributed by atoms with Crippen LogP contribution >= 0.6 is 23.2 Å². The highest BCUT2D eigenvalue weighted by Crippen LogP contribution is 2.20. The van der Waals surface area contributed by atoms with Gasteiger partial charge < -0.3 is 10.1 Å². The Labute approximate surface area is 142 Å². The molecule has 0 aliphatic carbocycles. The van der Waals surface area contributed by atoms with Crippen LogP contribution in [0.15, 0.2) is 12.3 Å². The lowest BCUT2D eigenvalue weighted by atomic mass is 10.3. The summed E-state index contributed by atoms with van der Waals surface area (Å²) >= 11 is 11.4. The van der Waals surface area contributed by atoms with Gasteiger partial charge in [0, 0.05) is 13.2 Å². The van der Waals surface area contributed by atoms with Gasteiger partial charge in [0.1, 0.15) is 5.15 Å². The van der Waals surface area contributed by atoms with Crippen LogP contribution < -0.4 is 5.32 Å². The van der Waals surface area contributed by atoms with Crippen LogP contribution in [0, 0.1) is 13.8 Å². The molecule has 1 N–H and O–H groups in total. The normalized spacial score (nSPS) is 10.5. The minimum absolute atomic E-state index is 0.0866. The van der Waals surface area contributed by atoms with Crippen molar-refractivity contribution >= 4 is 40.8 Å². The molecule has 0 fully saturated rings. The highest BCUT2D eigenvalue weighted by atomic mass is 35.5. The molecule has 0 atom stereocenters. The lowest BCUT2D eigenvalue weighted by molar-refractivity contribution is -0.119. The summed E-state index contributed by atoms with van der Waals surface area (Å²) in [7, 11) is 1.77. The molecule has 2 rings (SSSR count). The average Bonchev–Trinajstić information content (AvgIpc) is 2.74. The Balaban J connectivity index is 1.96. The first-order valence-corrected chi connectivity index (χ1v) is 7.33. The second kappa shape index (κ2) is 6.97. The fraction of sp³-hybridized carbons (Fsp3) is 0.286. The molecule has 2 aromatic rings. The number of nitrogens with zero attached hydrogens (tertiary/aromatic N) is 3. The monoisotopic (exact) mass is 356 g/mol. The van der Waals surface area contributed by atoms with E-state index in [0.717, 1.165) is 5.69 Å². The topological polar surface area (TPSA) is 86.1 Å². The Bertz CT molecular complexity index is 774. The zero-order chi connectivity index (χ0) is 17.1. The smallest absolute Gasteiger partial charge is 0.340 e. The van der Waals surface area contributed by atoms with E-state index in [1.807, 2.05) is 6.92 Å². The van der Waals surface area contributed by atoms with Gasteiger partial charge in [-0.1, -0.05) is 23.2 Å². The van der Waals surface area contributed by atoms with Gasteiger partial charge in [-0.05, 0) is 19.9 Å². The number of carbonyl (C=O) groups excluding carboxylic acids is 2. The van der Waals surface area contributed by atoms with E-state index in [9.17, 15) is 9.59 Å². The van der Waals surface area contributed by atoms with E-state index >= 15 is 0 Å². The van der Waals surface area contributed by atoms with E-state index in [2.05, 4.69) is 15.4 Å². The standard InChI is InChI=1S/C14H14Cl2N4O3/c1-7-12(8(2)20(3)19-7)18-11(21)6-23-14(22)9-4-10(15)13(16)17-5-9/h4-5H,6H2,1-3H3,(H,18,21). The van der Waals surface area contributed by atoms with Crippen LogP contribution in [0.3, 0.4) is 0 Å². The minimum Gasteiger partial charge on any atom is -0.452 e. The molecule has 0 unspecified atom stereocenters. The molecule has 0 saturated carbocycles. The zero-order valence-electron chi connectivity index (χ0n) is 12.7. The van der Waals surface area contributed by atoms with Crippen molar-refractivity contribution in [3.05, 3.63) is 39.4 Å². The third-order valence-electron chi connectivity index (χ3n) is 3.14. The summed E-state index contributed by atoms with van der Waals surface area (Å²) in [6, 6.07) is 1.33. The van der Waals surface area contributed by atoms with Crippen molar-refractivity contribution < 1.29 is 14.3 Å². The average molecular weight is 357 g/mol. The predicted molar refractivity (Wildman–Crippen MR) is 85.9 cm³/mol. The molecular formula is C14H14Cl2N4O3. The SMILES string of the molecule is Cc1nn(C)c(C)c1NC(=O)COC(=O)c1cnc(Cl)c(Cl)c1. The van der Waals surface area contributed by atoms with Crippen molar-refractivity contribution in [2.75, 3.05) is 11.9 Å². The maximum absolute atomic E-state index is 11.9. The van der Waals surface area contributed by atoms with E-state index < -0.39 is 18.5 Å². The molecule has 122 valence electrons. The quantitative estimate of drug-likeness (QED) is 0.671. The largest absolute Gasteiger partial charge is 0.452 e. The number of rotatable bonds is 4. The number of halogens is 2. The van der Waals surface area contributed by atoms with E-state index in [-0.39, 0.29) is 15.7 Å². The Kier molecular flexibility index (Phi) is 5.23. The van der Waals surface area contributed by atoms with Gasteiger partial charge in [-0.3, -0.25) is 9.48 Å². The summed E-state index contributed by atoms with van der Waals surface area (Å²) in [5, 5.41) is 7.07. The molecule has 0 aromatic carbocycles. The van der Waals surface area contributed by atoms with E-state index in [4.69, 9.17) is 27.9 Å². The number of nitrogens with one attached hydrogen (secondary N) is 1. The van der Waals surface area contributed by atoms with Gasteiger partial charge in [-0.2, -0.15) is 5.10 Å². The summed E-state index contributed by atoms with van der Waals surface area (Å²) in [4.78, 5) is 27.5. The molecule has 9 heteroatoms. The molecular weight excluding hydrogens is 343 g/mol. The van der Waals surface area contributed by atoms with Gasteiger partial charge in [0.05, 0.1) is 27.7 Å². The van der Waals surface area contributed by atoms with E-state index in [0.29, 0.717) is 11.4 Å². The lowest BCUT2D eigenvalue weighted by Crippen LogP contribution is -2.21. The lowest BCUT2D eigenvalue weighted by Gasteiger charge is -2.07.